The summed E-state index contributed by atoms with van der Waals surface area (Å²) in [7, 11) is 0. The summed E-state index contributed by atoms with van der Waals surface area (Å²) < 4.78 is 13.7. The minimum atomic E-state index is -0.480. The van der Waals surface area contributed by atoms with Crippen molar-refractivity contribution in [2.45, 2.75) is 25.8 Å². The molecule has 0 aliphatic carbocycles. The number of hydrogen-bond donors (Lipinski definition) is 1. The number of piperazine rings is 1. The summed E-state index contributed by atoms with van der Waals surface area (Å²) in [4.78, 5) is 25.4. The maximum Gasteiger partial charge on any atom is 0.250 e. The van der Waals surface area contributed by atoms with Crippen molar-refractivity contribution in [1.82, 2.24) is 5.32 Å². The summed E-state index contributed by atoms with van der Waals surface area (Å²) in [6, 6.07) is 3.71. The van der Waals surface area contributed by atoms with E-state index in [1.165, 1.54) is 23.1 Å². The largest absolute Gasteiger partial charge is 0.343 e. The van der Waals surface area contributed by atoms with Crippen molar-refractivity contribution in [2.75, 3.05) is 11.4 Å². The van der Waals surface area contributed by atoms with E-state index in [0.29, 0.717) is 15.7 Å². The lowest BCUT2D eigenvalue weighted by Crippen LogP contribution is -2.58. The number of amides is 2. The molecule has 1 aromatic carbocycles. The van der Waals surface area contributed by atoms with Crippen LogP contribution in [0.5, 0.6) is 0 Å². The topological polar surface area (TPSA) is 49.4 Å². The highest BCUT2D eigenvalue weighted by molar-refractivity contribution is 14.1. The van der Waals surface area contributed by atoms with E-state index in [-0.39, 0.29) is 24.2 Å². The molecule has 0 radical (unpaired) electrons. The zero-order chi connectivity index (χ0) is 14.0. The van der Waals surface area contributed by atoms with Crippen LogP contribution in [0.2, 0.25) is 0 Å². The van der Waals surface area contributed by atoms with Gasteiger partial charge in [0.25, 0.3) is 0 Å². The van der Waals surface area contributed by atoms with Crippen molar-refractivity contribution in [3.05, 3.63) is 27.6 Å². The van der Waals surface area contributed by atoms with Crippen LogP contribution in [0, 0.1) is 9.39 Å². The number of nitrogens with zero attached hydrogens (tertiary/aromatic N) is 1. The molecule has 2 rings (SSSR count). The third-order valence-electron chi connectivity index (χ3n) is 2.98. The highest BCUT2D eigenvalue weighted by atomic mass is 127. The highest BCUT2D eigenvalue weighted by Crippen LogP contribution is 2.25. The van der Waals surface area contributed by atoms with E-state index in [1.54, 1.807) is 0 Å². The van der Waals surface area contributed by atoms with E-state index in [2.05, 4.69) is 5.32 Å². The lowest BCUT2D eigenvalue weighted by atomic mass is 10.1. The molecule has 1 atom stereocenters. The molecule has 102 valence electrons. The zero-order valence-corrected chi connectivity index (χ0v) is 12.6. The SMILES string of the molecule is CCCC1NC(=O)CN(c2ccc(F)cc2I)C1=O. The Morgan fingerprint density at radius 1 is 1.47 bits per heavy atom. The maximum absolute atomic E-state index is 13.1. The number of halogens is 2. The van der Waals surface area contributed by atoms with E-state index < -0.39 is 6.04 Å². The number of rotatable bonds is 3. The second kappa shape index (κ2) is 5.85. The summed E-state index contributed by atoms with van der Waals surface area (Å²) in [5.41, 5.74) is 0.586. The number of anilines is 1. The molecule has 1 heterocycles. The molecule has 19 heavy (non-hydrogen) atoms. The average molecular weight is 376 g/mol. The molecule has 0 bridgehead atoms. The molecule has 4 nitrogen and oxygen atoms in total. The Bertz CT molecular complexity index is 521. The van der Waals surface area contributed by atoms with Crippen molar-refractivity contribution in [2.24, 2.45) is 0 Å². The van der Waals surface area contributed by atoms with E-state index in [0.717, 1.165) is 6.42 Å². The molecule has 1 aromatic rings. The minimum absolute atomic E-state index is 0.0132. The first-order valence-electron chi connectivity index (χ1n) is 6.08. The summed E-state index contributed by atoms with van der Waals surface area (Å²) in [6.07, 6.45) is 1.42. The maximum atomic E-state index is 13.1. The predicted octanol–water partition coefficient (Wildman–Crippen LogP) is 2.06. The normalized spacial score (nSPS) is 19.5. The summed E-state index contributed by atoms with van der Waals surface area (Å²) in [5, 5.41) is 2.69. The van der Waals surface area contributed by atoms with Gasteiger partial charge in [0, 0.05) is 3.57 Å². The Labute approximate surface area is 124 Å². The molecule has 1 N–H and O–H groups in total. The Morgan fingerprint density at radius 2 is 2.21 bits per heavy atom. The van der Waals surface area contributed by atoms with Gasteiger partial charge < -0.3 is 10.2 Å². The fourth-order valence-electron chi connectivity index (χ4n) is 2.10. The van der Waals surface area contributed by atoms with E-state index in [9.17, 15) is 14.0 Å². The summed E-state index contributed by atoms with van der Waals surface area (Å²) in [5.74, 6) is -0.670. The van der Waals surface area contributed by atoms with Gasteiger partial charge in [-0.3, -0.25) is 9.59 Å². The van der Waals surface area contributed by atoms with Gasteiger partial charge in [0.15, 0.2) is 0 Å². The quantitative estimate of drug-likeness (QED) is 0.822. The molecule has 1 aliphatic heterocycles. The Kier molecular flexibility index (Phi) is 4.38. The molecule has 1 aliphatic rings. The van der Waals surface area contributed by atoms with Crippen LogP contribution in [0.25, 0.3) is 0 Å². The Balaban J connectivity index is 2.31. The molecule has 1 unspecified atom stereocenters. The summed E-state index contributed by atoms with van der Waals surface area (Å²) in [6.45, 7) is 1.95. The first kappa shape index (κ1) is 14.2. The van der Waals surface area contributed by atoms with Gasteiger partial charge in [-0.2, -0.15) is 0 Å². The predicted molar refractivity (Wildman–Crippen MR) is 78.3 cm³/mol. The minimum Gasteiger partial charge on any atom is -0.343 e. The first-order chi connectivity index (χ1) is 9.02. The van der Waals surface area contributed by atoms with Gasteiger partial charge in [-0.15, -0.1) is 0 Å². The van der Waals surface area contributed by atoms with Gasteiger partial charge in [0.1, 0.15) is 18.4 Å². The van der Waals surface area contributed by atoms with Gasteiger partial charge >= 0.3 is 0 Å². The number of nitrogens with one attached hydrogen (secondary N) is 1. The van der Waals surface area contributed by atoms with Crippen LogP contribution in [-0.2, 0) is 9.59 Å². The molecular formula is C13H14FIN2O2. The van der Waals surface area contributed by atoms with Crippen molar-refractivity contribution in [1.29, 1.82) is 0 Å². The molecule has 2 amide bonds. The second-order valence-electron chi connectivity index (χ2n) is 4.43. The lowest BCUT2D eigenvalue weighted by molar-refractivity contribution is -0.131. The van der Waals surface area contributed by atoms with Gasteiger partial charge in [-0.1, -0.05) is 13.3 Å². The fourth-order valence-corrected chi connectivity index (χ4v) is 2.87. The van der Waals surface area contributed by atoms with Crippen molar-refractivity contribution >= 4 is 40.1 Å². The zero-order valence-electron chi connectivity index (χ0n) is 10.5. The molecule has 6 heteroatoms. The third-order valence-corrected chi connectivity index (χ3v) is 3.84. The van der Waals surface area contributed by atoms with Gasteiger partial charge in [0.05, 0.1) is 5.69 Å². The standard InChI is InChI=1S/C13H14FIN2O2/c1-2-3-10-13(19)17(7-12(18)16-10)11-5-4-8(14)6-9(11)15/h4-6,10H,2-3,7H2,1H3,(H,16,18). The Hall–Kier alpha value is -1.18. The molecule has 0 aromatic heterocycles. The van der Waals surface area contributed by atoms with Gasteiger partial charge in [-0.25, -0.2) is 4.39 Å². The monoisotopic (exact) mass is 376 g/mol. The average Bonchev–Trinajstić information content (AvgIpc) is 2.34. The number of carbonyl (C=O) groups is 2. The van der Waals surface area contributed by atoms with Gasteiger partial charge in [-0.05, 0) is 47.2 Å². The van der Waals surface area contributed by atoms with Crippen molar-refractivity contribution in [3.63, 3.8) is 0 Å². The van der Waals surface area contributed by atoms with E-state index >= 15 is 0 Å². The van der Waals surface area contributed by atoms with Crippen LogP contribution < -0.4 is 10.2 Å². The number of carbonyl (C=O) groups excluding carboxylic acids is 2. The van der Waals surface area contributed by atoms with Crippen LogP contribution in [0.15, 0.2) is 18.2 Å². The van der Waals surface area contributed by atoms with E-state index in [1.807, 2.05) is 29.5 Å². The van der Waals surface area contributed by atoms with Crippen LogP contribution in [0.1, 0.15) is 19.8 Å². The van der Waals surface area contributed by atoms with Crippen LogP contribution in [0.3, 0.4) is 0 Å². The molecule has 0 saturated carbocycles. The smallest absolute Gasteiger partial charge is 0.250 e. The number of benzene rings is 1. The molecule has 1 fully saturated rings. The third kappa shape index (κ3) is 3.05. The van der Waals surface area contributed by atoms with Crippen molar-refractivity contribution < 1.29 is 14.0 Å². The van der Waals surface area contributed by atoms with E-state index in [4.69, 9.17) is 0 Å². The highest BCUT2D eigenvalue weighted by Gasteiger charge is 2.33. The fraction of sp³-hybridized carbons (Fsp3) is 0.385. The lowest BCUT2D eigenvalue weighted by Gasteiger charge is -2.33. The summed E-state index contributed by atoms with van der Waals surface area (Å²) >= 11 is 1.97. The molecule has 0 spiro atoms. The van der Waals surface area contributed by atoms with Gasteiger partial charge in [0.2, 0.25) is 11.8 Å². The molecular weight excluding hydrogens is 362 g/mol. The second-order valence-corrected chi connectivity index (χ2v) is 5.59. The van der Waals surface area contributed by atoms with Crippen LogP contribution in [-0.4, -0.2) is 24.4 Å². The van der Waals surface area contributed by atoms with Crippen LogP contribution in [0.4, 0.5) is 10.1 Å². The first-order valence-corrected chi connectivity index (χ1v) is 7.16. The van der Waals surface area contributed by atoms with Crippen molar-refractivity contribution in [3.8, 4) is 0 Å². The van der Waals surface area contributed by atoms with Crippen LogP contribution >= 0.6 is 22.6 Å². The Morgan fingerprint density at radius 3 is 2.84 bits per heavy atom. The number of hydrogen-bond acceptors (Lipinski definition) is 2. The molecule has 1 saturated heterocycles.